The summed E-state index contributed by atoms with van der Waals surface area (Å²) in [5.41, 5.74) is 7.06. The van der Waals surface area contributed by atoms with E-state index < -0.39 is 0 Å². The van der Waals surface area contributed by atoms with E-state index in [-0.39, 0.29) is 0 Å². The van der Waals surface area contributed by atoms with Crippen LogP contribution in [0.2, 0.25) is 0 Å². The largest absolute Gasteiger partial charge is 0.497 e. The van der Waals surface area contributed by atoms with Gasteiger partial charge in [0.05, 0.1) is 7.11 Å². The van der Waals surface area contributed by atoms with Crippen LogP contribution in [0.25, 0.3) is 0 Å². The standard InChI is InChI=1S/C16H25NO/c1-18-16-10-8-15(9-11-16)14-6-4-13(5-7-14)3-2-12-17/h8-11,13-14H,2-7,12,17H2,1H3. The third-order valence-electron chi connectivity index (χ3n) is 4.25. The molecule has 0 aromatic heterocycles. The molecule has 0 radical (unpaired) electrons. The summed E-state index contributed by atoms with van der Waals surface area (Å²) in [6.07, 6.45) is 7.93. The van der Waals surface area contributed by atoms with Crippen LogP contribution in [0, 0.1) is 5.92 Å². The highest BCUT2D eigenvalue weighted by molar-refractivity contribution is 5.29. The molecule has 2 nitrogen and oxygen atoms in total. The molecule has 2 heteroatoms. The highest BCUT2D eigenvalue weighted by atomic mass is 16.5. The van der Waals surface area contributed by atoms with Crippen molar-refractivity contribution in [2.45, 2.75) is 44.4 Å². The van der Waals surface area contributed by atoms with Crippen LogP contribution in [0.15, 0.2) is 24.3 Å². The van der Waals surface area contributed by atoms with Crippen molar-refractivity contribution in [2.24, 2.45) is 11.7 Å². The van der Waals surface area contributed by atoms with Crippen molar-refractivity contribution in [3.63, 3.8) is 0 Å². The van der Waals surface area contributed by atoms with Crippen molar-refractivity contribution in [3.05, 3.63) is 29.8 Å². The Balaban J connectivity index is 1.84. The smallest absolute Gasteiger partial charge is 0.118 e. The summed E-state index contributed by atoms with van der Waals surface area (Å²) < 4.78 is 5.21. The summed E-state index contributed by atoms with van der Waals surface area (Å²) in [5.74, 6) is 2.63. The van der Waals surface area contributed by atoms with Gasteiger partial charge in [-0.3, -0.25) is 0 Å². The van der Waals surface area contributed by atoms with E-state index in [2.05, 4.69) is 24.3 Å². The van der Waals surface area contributed by atoms with Crippen LogP contribution in [-0.4, -0.2) is 13.7 Å². The van der Waals surface area contributed by atoms with E-state index in [1.165, 1.54) is 44.1 Å². The second-order valence-electron chi connectivity index (χ2n) is 5.42. The maximum atomic E-state index is 5.58. The molecule has 1 fully saturated rings. The van der Waals surface area contributed by atoms with Crippen LogP contribution >= 0.6 is 0 Å². The Morgan fingerprint density at radius 1 is 1.11 bits per heavy atom. The molecule has 0 spiro atoms. The van der Waals surface area contributed by atoms with Gasteiger partial charge in [-0.15, -0.1) is 0 Å². The molecular formula is C16H25NO. The van der Waals surface area contributed by atoms with E-state index in [9.17, 15) is 0 Å². The average molecular weight is 247 g/mol. The van der Waals surface area contributed by atoms with Crippen molar-refractivity contribution >= 4 is 0 Å². The molecular weight excluding hydrogens is 222 g/mol. The fourth-order valence-corrected chi connectivity index (χ4v) is 3.07. The molecule has 18 heavy (non-hydrogen) atoms. The van der Waals surface area contributed by atoms with Crippen LogP contribution in [0.3, 0.4) is 0 Å². The summed E-state index contributed by atoms with van der Waals surface area (Å²) >= 11 is 0. The molecule has 0 saturated heterocycles. The minimum Gasteiger partial charge on any atom is -0.497 e. The summed E-state index contributed by atoms with van der Waals surface area (Å²) in [6, 6.07) is 8.61. The number of hydrogen-bond acceptors (Lipinski definition) is 2. The first-order valence-electron chi connectivity index (χ1n) is 7.17. The number of ether oxygens (including phenoxy) is 1. The van der Waals surface area contributed by atoms with Crippen LogP contribution in [0.4, 0.5) is 0 Å². The molecule has 2 rings (SSSR count). The van der Waals surface area contributed by atoms with E-state index in [0.717, 1.165) is 24.1 Å². The second-order valence-corrected chi connectivity index (χ2v) is 5.42. The number of rotatable bonds is 5. The van der Waals surface area contributed by atoms with Crippen LogP contribution in [-0.2, 0) is 0 Å². The minimum atomic E-state index is 0.755. The lowest BCUT2D eigenvalue weighted by Crippen LogP contribution is -2.14. The minimum absolute atomic E-state index is 0.755. The Hall–Kier alpha value is -1.02. The number of methoxy groups -OCH3 is 1. The molecule has 0 bridgehead atoms. The van der Waals surface area contributed by atoms with Gasteiger partial charge in [0.1, 0.15) is 5.75 Å². The van der Waals surface area contributed by atoms with Crippen LogP contribution < -0.4 is 10.5 Å². The van der Waals surface area contributed by atoms with Crippen molar-refractivity contribution < 1.29 is 4.74 Å². The van der Waals surface area contributed by atoms with Crippen LogP contribution in [0.1, 0.15) is 50.0 Å². The van der Waals surface area contributed by atoms with Gasteiger partial charge in [0.15, 0.2) is 0 Å². The molecule has 100 valence electrons. The van der Waals surface area contributed by atoms with E-state index in [0.29, 0.717) is 0 Å². The topological polar surface area (TPSA) is 35.2 Å². The lowest BCUT2D eigenvalue weighted by atomic mass is 9.77. The highest BCUT2D eigenvalue weighted by Crippen LogP contribution is 2.37. The lowest BCUT2D eigenvalue weighted by Gasteiger charge is -2.28. The van der Waals surface area contributed by atoms with Gasteiger partial charge in [-0.2, -0.15) is 0 Å². The molecule has 1 aromatic rings. The van der Waals surface area contributed by atoms with Gasteiger partial charge in [-0.05, 0) is 74.6 Å². The molecule has 0 heterocycles. The number of hydrogen-bond donors (Lipinski definition) is 1. The Labute approximate surface area is 111 Å². The Kier molecular flexibility index (Phi) is 5.06. The molecule has 0 amide bonds. The maximum absolute atomic E-state index is 5.58. The summed E-state index contributed by atoms with van der Waals surface area (Å²) in [5, 5.41) is 0. The Morgan fingerprint density at radius 3 is 2.33 bits per heavy atom. The van der Waals surface area contributed by atoms with Crippen LogP contribution in [0.5, 0.6) is 5.75 Å². The van der Waals surface area contributed by atoms with Gasteiger partial charge in [0, 0.05) is 0 Å². The zero-order chi connectivity index (χ0) is 12.8. The summed E-state index contributed by atoms with van der Waals surface area (Å²) in [4.78, 5) is 0. The fourth-order valence-electron chi connectivity index (χ4n) is 3.07. The van der Waals surface area contributed by atoms with Gasteiger partial charge in [0.2, 0.25) is 0 Å². The fraction of sp³-hybridized carbons (Fsp3) is 0.625. The molecule has 0 aliphatic heterocycles. The van der Waals surface area contributed by atoms with E-state index >= 15 is 0 Å². The predicted octanol–water partition coefficient (Wildman–Crippen LogP) is 3.71. The van der Waals surface area contributed by atoms with Crippen molar-refractivity contribution in [2.75, 3.05) is 13.7 Å². The molecule has 0 atom stereocenters. The molecule has 1 saturated carbocycles. The summed E-state index contributed by atoms with van der Waals surface area (Å²) in [7, 11) is 1.72. The maximum Gasteiger partial charge on any atom is 0.118 e. The first-order chi connectivity index (χ1) is 8.83. The normalized spacial score (nSPS) is 23.9. The first kappa shape index (κ1) is 13.4. The zero-order valence-electron chi connectivity index (χ0n) is 11.4. The number of nitrogens with two attached hydrogens (primary N) is 1. The Morgan fingerprint density at radius 2 is 1.78 bits per heavy atom. The molecule has 0 unspecified atom stereocenters. The van der Waals surface area contributed by atoms with E-state index in [4.69, 9.17) is 10.5 Å². The predicted molar refractivity (Wildman–Crippen MR) is 76.0 cm³/mol. The second kappa shape index (κ2) is 6.79. The average Bonchev–Trinajstić information content (AvgIpc) is 2.46. The third-order valence-corrected chi connectivity index (χ3v) is 4.25. The van der Waals surface area contributed by atoms with Gasteiger partial charge in [-0.25, -0.2) is 0 Å². The lowest BCUT2D eigenvalue weighted by molar-refractivity contribution is 0.306. The molecule has 1 aliphatic carbocycles. The zero-order valence-corrected chi connectivity index (χ0v) is 11.4. The summed E-state index contributed by atoms with van der Waals surface area (Å²) in [6.45, 7) is 0.846. The highest BCUT2D eigenvalue weighted by Gasteiger charge is 2.21. The van der Waals surface area contributed by atoms with Crippen molar-refractivity contribution in [1.82, 2.24) is 0 Å². The monoisotopic (exact) mass is 247 g/mol. The quantitative estimate of drug-likeness (QED) is 0.861. The van der Waals surface area contributed by atoms with Gasteiger partial charge in [-0.1, -0.05) is 12.1 Å². The van der Waals surface area contributed by atoms with Gasteiger partial charge >= 0.3 is 0 Å². The first-order valence-corrected chi connectivity index (χ1v) is 7.17. The molecule has 2 N–H and O–H groups in total. The Bertz CT molecular complexity index is 339. The third kappa shape index (κ3) is 3.49. The van der Waals surface area contributed by atoms with Gasteiger partial charge in [0.25, 0.3) is 0 Å². The number of benzene rings is 1. The van der Waals surface area contributed by atoms with E-state index in [1.54, 1.807) is 7.11 Å². The van der Waals surface area contributed by atoms with Crippen molar-refractivity contribution in [3.8, 4) is 5.75 Å². The van der Waals surface area contributed by atoms with Gasteiger partial charge < -0.3 is 10.5 Å². The SMILES string of the molecule is COc1ccc(C2CCC(CCCN)CC2)cc1. The molecule has 1 aromatic carbocycles. The van der Waals surface area contributed by atoms with Crippen molar-refractivity contribution in [1.29, 1.82) is 0 Å². The van der Waals surface area contributed by atoms with E-state index in [1.807, 2.05) is 0 Å². The molecule has 1 aliphatic rings.